The molecule has 8 heteroatoms. The summed E-state index contributed by atoms with van der Waals surface area (Å²) in [6.07, 6.45) is -4.51. The first-order valence-electron chi connectivity index (χ1n) is 8.29. The molecule has 0 aliphatic rings. The van der Waals surface area contributed by atoms with E-state index in [1.165, 1.54) is 32.2 Å². The number of Topliss-reactive ketones (excluding diaryl/α,β-unsaturated/α-hetero) is 1. The zero-order chi connectivity index (χ0) is 20.5. The first-order chi connectivity index (χ1) is 13.2. The summed E-state index contributed by atoms with van der Waals surface area (Å²) in [4.78, 5) is 12.6. The van der Waals surface area contributed by atoms with Crippen LogP contribution in [0.3, 0.4) is 0 Å². The van der Waals surface area contributed by atoms with Crippen LogP contribution < -0.4 is 4.74 Å². The van der Waals surface area contributed by atoms with E-state index in [0.717, 1.165) is 10.7 Å². The van der Waals surface area contributed by atoms with E-state index in [2.05, 4.69) is 5.10 Å². The van der Waals surface area contributed by atoms with E-state index in [0.29, 0.717) is 16.1 Å². The van der Waals surface area contributed by atoms with Crippen LogP contribution in [0.4, 0.5) is 13.2 Å². The smallest absolute Gasteiger partial charge is 0.433 e. The van der Waals surface area contributed by atoms with Gasteiger partial charge < -0.3 is 4.74 Å². The van der Waals surface area contributed by atoms with Gasteiger partial charge in [0.1, 0.15) is 17.1 Å². The lowest BCUT2D eigenvalue weighted by molar-refractivity contribution is -0.142. The van der Waals surface area contributed by atoms with Gasteiger partial charge in [-0.05, 0) is 42.8 Å². The molecular formula is C20H16ClF3N2O2. The fraction of sp³-hybridized carbons (Fsp3) is 0.200. The Morgan fingerprint density at radius 1 is 1.18 bits per heavy atom. The molecule has 0 saturated carbocycles. The number of methoxy groups -OCH3 is 1. The third-order valence-corrected chi connectivity index (χ3v) is 4.53. The maximum atomic E-state index is 13.3. The molecule has 0 radical (unpaired) electrons. The van der Waals surface area contributed by atoms with Crippen molar-refractivity contribution < 1.29 is 22.7 Å². The SMILES string of the molecule is COc1cc(C(=O)Cc2ccccc2Cl)ccc1-n1nc(C)cc1C(F)(F)F. The molecule has 0 fully saturated rings. The Morgan fingerprint density at radius 3 is 2.54 bits per heavy atom. The number of halogens is 4. The normalized spacial score (nSPS) is 11.5. The molecule has 3 aromatic rings. The molecule has 0 unspecified atom stereocenters. The number of alkyl halides is 3. The predicted molar refractivity (Wildman–Crippen MR) is 99.3 cm³/mol. The summed E-state index contributed by atoms with van der Waals surface area (Å²) in [5.41, 5.74) is 0.362. The van der Waals surface area contributed by atoms with E-state index in [1.54, 1.807) is 24.3 Å². The van der Waals surface area contributed by atoms with Crippen molar-refractivity contribution in [2.75, 3.05) is 7.11 Å². The quantitative estimate of drug-likeness (QED) is 0.539. The van der Waals surface area contributed by atoms with Crippen LogP contribution in [0.5, 0.6) is 5.75 Å². The third kappa shape index (κ3) is 4.04. The molecule has 1 aromatic heterocycles. The van der Waals surface area contributed by atoms with Crippen LogP contribution in [-0.4, -0.2) is 22.7 Å². The Bertz CT molecular complexity index is 1030. The lowest BCUT2D eigenvalue weighted by atomic mass is 10.0. The number of aryl methyl sites for hydroxylation is 1. The van der Waals surface area contributed by atoms with Gasteiger partial charge in [0, 0.05) is 17.0 Å². The average molecular weight is 409 g/mol. The van der Waals surface area contributed by atoms with Gasteiger partial charge in [0.25, 0.3) is 0 Å². The summed E-state index contributed by atoms with van der Waals surface area (Å²) < 4.78 is 45.9. The molecule has 3 rings (SSSR count). The zero-order valence-corrected chi connectivity index (χ0v) is 15.8. The first-order valence-corrected chi connectivity index (χ1v) is 8.67. The lowest BCUT2D eigenvalue weighted by Gasteiger charge is -2.14. The standard InChI is InChI=1S/C20H16ClF3N2O2/c1-12-9-19(20(22,23)24)26(25-12)16-8-7-14(11-18(16)28-2)17(27)10-13-5-3-4-6-15(13)21/h3-9,11H,10H2,1-2H3. The van der Waals surface area contributed by atoms with Crippen molar-refractivity contribution >= 4 is 17.4 Å². The zero-order valence-electron chi connectivity index (χ0n) is 15.0. The van der Waals surface area contributed by atoms with Gasteiger partial charge in [-0.25, -0.2) is 4.68 Å². The van der Waals surface area contributed by atoms with Crippen molar-refractivity contribution in [3.8, 4) is 11.4 Å². The van der Waals surface area contributed by atoms with E-state index in [1.807, 2.05) is 0 Å². The fourth-order valence-corrected chi connectivity index (χ4v) is 3.03. The molecule has 0 N–H and O–H groups in total. The van der Waals surface area contributed by atoms with Crippen LogP contribution in [0.1, 0.15) is 27.3 Å². The molecule has 0 bridgehead atoms. The van der Waals surface area contributed by atoms with Crippen molar-refractivity contribution in [2.24, 2.45) is 0 Å². The summed E-state index contributed by atoms with van der Waals surface area (Å²) in [6, 6.07) is 12.2. The van der Waals surface area contributed by atoms with Gasteiger partial charge in [-0.2, -0.15) is 18.3 Å². The molecule has 0 aliphatic carbocycles. The van der Waals surface area contributed by atoms with Crippen LogP contribution in [0.2, 0.25) is 5.02 Å². The van der Waals surface area contributed by atoms with Gasteiger partial charge in [-0.3, -0.25) is 4.79 Å². The van der Waals surface area contributed by atoms with Crippen molar-refractivity contribution in [2.45, 2.75) is 19.5 Å². The molecule has 2 aromatic carbocycles. The Kier molecular flexibility index (Phi) is 5.47. The maximum absolute atomic E-state index is 13.3. The molecule has 4 nitrogen and oxygen atoms in total. The predicted octanol–water partition coefficient (Wildman–Crippen LogP) is 5.29. The Balaban J connectivity index is 1.98. The second-order valence-electron chi connectivity index (χ2n) is 6.16. The number of hydrogen-bond acceptors (Lipinski definition) is 3. The summed E-state index contributed by atoms with van der Waals surface area (Å²) in [6.45, 7) is 1.47. The highest BCUT2D eigenvalue weighted by Crippen LogP contribution is 2.34. The fourth-order valence-electron chi connectivity index (χ4n) is 2.83. The van der Waals surface area contributed by atoms with E-state index >= 15 is 0 Å². The molecule has 0 amide bonds. The van der Waals surface area contributed by atoms with Crippen LogP contribution in [0, 0.1) is 6.92 Å². The summed E-state index contributed by atoms with van der Waals surface area (Å²) in [7, 11) is 1.32. The minimum atomic E-state index is -4.58. The largest absolute Gasteiger partial charge is 0.494 e. The van der Waals surface area contributed by atoms with Gasteiger partial charge in [0.2, 0.25) is 0 Å². The van der Waals surface area contributed by atoms with Crippen molar-refractivity contribution in [1.82, 2.24) is 9.78 Å². The summed E-state index contributed by atoms with van der Waals surface area (Å²) in [5, 5.41) is 4.40. The number of rotatable bonds is 5. The number of aromatic nitrogens is 2. The van der Waals surface area contributed by atoms with E-state index in [-0.39, 0.29) is 29.3 Å². The maximum Gasteiger partial charge on any atom is 0.433 e. The average Bonchev–Trinajstić information content (AvgIpc) is 3.05. The lowest BCUT2D eigenvalue weighted by Crippen LogP contribution is -2.14. The number of ketones is 1. The van der Waals surface area contributed by atoms with Crippen LogP contribution in [0.25, 0.3) is 5.69 Å². The second kappa shape index (κ2) is 7.67. The van der Waals surface area contributed by atoms with Gasteiger partial charge in [0.05, 0.1) is 12.8 Å². The molecule has 0 aliphatic heterocycles. The van der Waals surface area contributed by atoms with E-state index in [4.69, 9.17) is 16.3 Å². The second-order valence-corrected chi connectivity index (χ2v) is 6.57. The van der Waals surface area contributed by atoms with Gasteiger partial charge >= 0.3 is 6.18 Å². The summed E-state index contributed by atoms with van der Waals surface area (Å²) >= 11 is 6.09. The van der Waals surface area contributed by atoms with Crippen molar-refractivity contribution in [3.05, 3.63) is 76.1 Å². The monoisotopic (exact) mass is 408 g/mol. The highest BCUT2D eigenvalue weighted by Gasteiger charge is 2.36. The Labute approximate surface area is 164 Å². The number of carbonyl (C=O) groups is 1. The molecular weight excluding hydrogens is 393 g/mol. The van der Waals surface area contributed by atoms with Crippen LogP contribution >= 0.6 is 11.6 Å². The minimum Gasteiger partial charge on any atom is -0.494 e. The molecule has 28 heavy (non-hydrogen) atoms. The molecule has 0 saturated heterocycles. The van der Waals surface area contributed by atoms with E-state index < -0.39 is 11.9 Å². The van der Waals surface area contributed by atoms with Crippen LogP contribution in [-0.2, 0) is 12.6 Å². The molecule has 0 atom stereocenters. The van der Waals surface area contributed by atoms with Crippen molar-refractivity contribution in [1.29, 1.82) is 0 Å². The van der Waals surface area contributed by atoms with Gasteiger partial charge in [-0.1, -0.05) is 29.8 Å². The topological polar surface area (TPSA) is 44.1 Å². The number of nitrogens with zero attached hydrogens (tertiary/aromatic N) is 2. The Morgan fingerprint density at radius 2 is 1.89 bits per heavy atom. The number of benzene rings is 2. The number of carbonyl (C=O) groups excluding carboxylic acids is 1. The first kappa shape index (κ1) is 19.9. The van der Waals surface area contributed by atoms with Gasteiger partial charge in [-0.15, -0.1) is 0 Å². The van der Waals surface area contributed by atoms with Gasteiger partial charge in [0.15, 0.2) is 5.78 Å². The highest BCUT2D eigenvalue weighted by atomic mass is 35.5. The molecule has 146 valence electrons. The minimum absolute atomic E-state index is 0.0663. The summed E-state index contributed by atoms with van der Waals surface area (Å²) in [5.74, 6) is -0.121. The van der Waals surface area contributed by atoms with Crippen molar-refractivity contribution in [3.63, 3.8) is 0 Å². The number of hydrogen-bond donors (Lipinski definition) is 0. The number of ether oxygens (including phenoxy) is 1. The van der Waals surface area contributed by atoms with Crippen LogP contribution in [0.15, 0.2) is 48.5 Å². The molecule has 0 spiro atoms. The Hall–Kier alpha value is -2.80. The van der Waals surface area contributed by atoms with E-state index in [9.17, 15) is 18.0 Å². The third-order valence-electron chi connectivity index (χ3n) is 4.16. The highest BCUT2D eigenvalue weighted by molar-refractivity contribution is 6.31. The molecule has 1 heterocycles.